The number of hydrogen-bond donors (Lipinski definition) is 2. The average Bonchev–Trinajstić information content (AvgIpc) is 2.34. The number of hydrogen-bond acceptors (Lipinski definition) is 2. The lowest BCUT2D eigenvalue weighted by molar-refractivity contribution is -0.124. The maximum absolute atomic E-state index is 11.8. The molecule has 1 fully saturated rings. The topological polar surface area (TPSA) is 41.1 Å². The van der Waals surface area contributed by atoms with Crippen molar-refractivity contribution in [1.82, 2.24) is 10.6 Å². The fourth-order valence-electron chi connectivity index (χ4n) is 2.06. The van der Waals surface area contributed by atoms with Crippen LogP contribution in [0.5, 0.6) is 0 Å². The van der Waals surface area contributed by atoms with Gasteiger partial charge in [0.1, 0.15) is 0 Å². The molecule has 2 N–H and O–H groups in total. The summed E-state index contributed by atoms with van der Waals surface area (Å²) in [5, 5.41) is 6.20. The highest BCUT2D eigenvalue weighted by Gasteiger charge is 2.25. The van der Waals surface area contributed by atoms with Gasteiger partial charge in [-0.05, 0) is 32.2 Å². The summed E-state index contributed by atoms with van der Waals surface area (Å²) in [6.45, 7) is 5.64. The highest BCUT2D eigenvalue weighted by atomic mass is 16.2. The lowest BCUT2D eigenvalue weighted by Crippen LogP contribution is -2.48. The third-order valence-electron chi connectivity index (χ3n) is 3.13. The van der Waals surface area contributed by atoms with Gasteiger partial charge in [0.05, 0.1) is 6.04 Å². The van der Waals surface area contributed by atoms with Gasteiger partial charge in [0.15, 0.2) is 0 Å². The van der Waals surface area contributed by atoms with Crippen LogP contribution in [0, 0.1) is 17.8 Å². The minimum absolute atomic E-state index is 0.00767. The summed E-state index contributed by atoms with van der Waals surface area (Å²) in [5.41, 5.74) is 0. The Morgan fingerprint density at radius 1 is 1.56 bits per heavy atom. The molecular formula is C13H22N2O. The van der Waals surface area contributed by atoms with Crippen molar-refractivity contribution < 1.29 is 4.79 Å². The van der Waals surface area contributed by atoms with Crippen molar-refractivity contribution in [1.29, 1.82) is 0 Å². The van der Waals surface area contributed by atoms with Gasteiger partial charge < -0.3 is 10.6 Å². The van der Waals surface area contributed by atoms with Crippen LogP contribution in [-0.4, -0.2) is 25.0 Å². The molecule has 0 aromatic heterocycles. The Labute approximate surface area is 98.4 Å². The Kier molecular flexibility index (Phi) is 5.95. The average molecular weight is 222 g/mol. The second kappa shape index (κ2) is 7.29. The van der Waals surface area contributed by atoms with Crippen LogP contribution in [-0.2, 0) is 4.79 Å². The minimum Gasteiger partial charge on any atom is -0.354 e. The molecule has 1 amide bonds. The molecule has 3 nitrogen and oxygen atoms in total. The molecule has 0 bridgehead atoms. The largest absolute Gasteiger partial charge is 0.354 e. The molecule has 2 unspecified atom stereocenters. The molecule has 90 valence electrons. The number of carbonyl (C=O) groups excluding carboxylic acids is 1. The molecule has 0 radical (unpaired) electrons. The smallest absolute Gasteiger partial charge is 0.237 e. The summed E-state index contributed by atoms with van der Waals surface area (Å²) in [5.74, 6) is 6.60. The summed E-state index contributed by atoms with van der Waals surface area (Å²) in [7, 11) is 0. The Morgan fingerprint density at radius 3 is 3.06 bits per heavy atom. The first-order valence-electron chi connectivity index (χ1n) is 6.18. The summed E-state index contributed by atoms with van der Waals surface area (Å²) < 4.78 is 0. The summed E-state index contributed by atoms with van der Waals surface area (Å²) >= 11 is 0. The number of amides is 1. The Hall–Kier alpha value is -1.01. The van der Waals surface area contributed by atoms with Crippen molar-refractivity contribution in [3.05, 3.63) is 0 Å². The molecule has 0 spiro atoms. The van der Waals surface area contributed by atoms with Gasteiger partial charge in [-0.3, -0.25) is 4.79 Å². The zero-order chi connectivity index (χ0) is 11.8. The molecule has 16 heavy (non-hydrogen) atoms. The van der Waals surface area contributed by atoms with Gasteiger partial charge >= 0.3 is 0 Å². The highest BCUT2D eigenvalue weighted by molar-refractivity contribution is 5.81. The molecule has 0 aromatic rings. The molecule has 0 saturated carbocycles. The van der Waals surface area contributed by atoms with Crippen LogP contribution in [0.3, 0.4) is 0 Å². The Bertz CT molecular complexity index is 277. The summed E-state index contributed by atoms with van der Waals surface area (Å²) in [4.78, 5) is 11.8. The van der Waals surface area contributed by atoms with Gasteiger partial charge in [-0.2, -0.15) is 0 Å². The first-order valence-corrected chi connectivity index (χ1v) is 6.18. The van der Waals surface area contributed by atoms with Crippen molar-refractivity contribution in [3.63, 3.8) is 0 Å². The molecule has 0 aliphatic carbocycles. The molecule has 2 atom stereocenters. The molecule has 1 rings (SSSR count). The van der Waals surface area contributed by atoms with Gasteiger partial charge in [0.25, 0.3) is 0 Å². The van der Waals surface area contributed by atoms with E-state index in [0.29, 0.717) is 12.5 Å². The summed E-state index contributed by atoms with van der Waals surface area (Å²) in [6, 6.07) is 0.00767. The molecule has 0 aromatic carbocycles. The van der Waals surface area contributed by atoms with Gasteiger partial charge in [-0.15, -0.1) is 11.8 Å². The second-order valence-corrected chi connectivity index (χ2v) is 4.27. The minimum atomic E-state index is 0.00767. The van der Waals surface area contributed by atoms with E-state index in [1.807, 2.05) is 6.92 Å². The first-order chi connectivity index (χ1) is 7.77. The van der Waals surface area contributed by atoms with E-state index in [1.54, 1.807) is 0 Å². The zero-order valence-electron chi connectivity index (χ0n) is 10.3. The van der Waals surface area contributed by atoms with Crippen LogP contribution in [0.4, 0.5) is 0 Å². The van der Waals surface area contributed by atoms with Crippen LogP contribution in [0.15, 0.2) is 0 Å². The van der Waals surface area contributed by atoms with E-state index < -0.39 is 0 Å². The lowest BCUT2D eigenvalue weighted by Gasteiger charge is -2.28. The fraction of sp³-hybridized carbons (Fsp3) is 0.769. The van der Waals surface area contributed by atoms with Crippen molar-refractivity contribution in [2.75, 3.05) is 13.1 Å². The van der Waals surface area contributed by atoms with E-state index in [2.05, 4.69) is 29.4 Å². The van der Waals surface area contributed by atoms with Crippen LogP contribution in [0.1, 0.15) is 39.5 Å². The molecule has 1 saturated heterocycles. The monoisotopic (exact) mass is 222 g/mol. The number of nitrogens with one attached hydrogen (secondary N) is 2. The normalized spacial score (nSPS) is 24.4. The third-order valence-corrected chi connectivity index (χ3v) is 3.13. The van der Waals surface area contributed by atoms with Crippen molar-refractivity contribution in [2.24, 2.45) is 5.92 Å². The Balaban J connectivity index is 2.26. The first kappa shape index (κ1) is 13.1. The third kappa shape index (κ3) is 4.24. The van der Waals surface area contributed by atoms with Gasteiger partial charge in [-0.1, -0.05) is 13.3 Å². The van der Waals surface area contributed by atoms with Crippen LogP contribution >= 0.6 is 0 Å². The lowest BCUT2D eigenvalue weighted by atomic mass is 9.90. The zero-order valence-corrected chi connectivity index (χ0v) is 10.3. The maximum atomic E-state index is 11.8. The number of carbonyl (C=O) groups is 1. The van der Waals surface area contributed by atoms with Crippen LogP contribution in [0.25, 0.3) is 0 Å². The predicted octanol–water partition coefficient (Wildman–Crippen LogP) is 1.29. The van der Waals surface area contributed by atoms with Crippen LogP contribution < -0.4 is 10.6 Å². The predicted molar refractivity (Wildman–Crippen MR) is 65.9 cm³/mol. The molecule has 1 aliphatic heterocycles. The van der Waals surface area contributed by atoms with E-state index in [0.717, 1.165) is 19.4 Å². The number of piperidine rings is 1. The highest BCUT2D eigenvalue weighted by Crippen LogP contribution is 2.19. The van der Waals surface area contributed by atoms with Crippen molar-refractivity contribution >= 4 is 5.91 Å². The van der Waals surface area contributed by atoms with E-state index in [-0.39, 0.29) is 11.9 Å². The quantitative estimate of drug-likeness (QED) is 0.556. The van der Waals surface area contributed by atoms with Crippen LogP contribution in [0.2, 0.25) is 0 Å². The van der Waals surface area contributed by atoms with Crippen molar-refractivity contribution in [2.45, 2.75) is 45.6 Å². The SMILES string of the molecule is CC#CCCNC(=O)C1CC(CC)CCN1. The number of rotatable bonds is 4. The van der Waals surface area contributed by atoms with E-state index in [1.165, 1.54) is 12.8 Å². The van der Waals surface area contributed by atoms with Gasteiger partial charge in [-0.25, -0.2) is 0 Å². The second-order valence-electron chi connectivity index (χ2n) is 4.27. The molecule has 3 heteroatoms. The van der Waals surface area contributed by atoms with E-state index in [9.17, 15) is 4.79 Å². The van der Waals surface area contributed by atoms with Gasteiger partial charge in [0.2, 0.25) is 5.91 Å². The van der Waals surface area contributed by atoms with Gasteiger partial charge in [0, 0.05) is 13.0 Å². The maximum Gasteiger partial charge on any atom is 0.237 e. The standard InChI is InChI=1S/C13H22N2O/c1-3-5-6-8-15-13(16)12-10-11(4-2)7-9-14-12/h11-12,14H,4,6-10H2,1-2H3,(H,15,16). The van der Waals surface area contributed by atoms with E-state index in [4.69, 9.17) is 0 Å². The van der Waals surface area contributed by atoms with E-state index >= 15 is 0 Å². The summed E-state index contributed by atoms with van der Waals surface area (Å²) in [6.07, 6.45) is 4.09. The Morgan fingerprint density at radius 2 is 2.38 bits per heavy atom. The molecule has 1 heterocycles. The fourth-order valence-corrected chi connectivity index (χ4v) is 2.06. The van der Waals surface area contributed by atoms with Crippen molar-refractivity contribution in [3.8, 4) is 11.8 Å². The molecular weight excluding hydrogens is 200 g/mol. The molecule has 1 aliphatic rings.